The van der Waals surface area contributed by atoms with Gasteiger partial charge in [0.1, 0.15) is 5.76 Å². The van der Waals surface area contributed by atoms with Gasteiger partial charge in [0.25, 0.3) is 5.91 Å². The first-order valence-electron chi connectivity index (χ1n) is 6.30. The molecule has 1 saturated heterocycles. The highest BCUT2D eigenvalue weighted by Crippen LogP contribution is 2.23. The molecule has 1 fully saturated rings. The van der Waals surface area contributed by atoms with E-state index in [1.165, 1.54) is 0 Å². The Bertz CT molecular complexity index is 387. The predicted octanol–water partition coefficient (Wildman–Crippen LogP) is 1.93. The fourth-order valence-corrected chi connectivity index (χ4v) is 2.45. The van der Waals surface area contributed by atoms with Crippen LogP contribution >= 0.6 is 0 Å². The maximum Gasteiger partial charge on any atom is 0.289 e. The molecule has 2 N–H and O–H groups in total. The molecule has 1 aromatic heterocycles. The van der Waals surface area contributed by atoms with Crippen LogP contribution in [0.5, 0.6) is 0 Å². The highest BCUT2D eigenvalue weighted by atomic mass is 16.3. The summed E-state index contributed by atoms with van der Waals surface area (Å²) in [5.41, 5.74) is 5.52. The number of carbonyl (C=O) groups is 1. The van der Waals surface area contributed by atoms with E-state index in [1.807, 2.05) is 17.9 Å². The lowest BCUT2D eigenvalue weighted by Crippen LogP contribution is -2.35. The molecule has 2 heterocycles. The van der Waals surface area contributed by atoms with E-state index in [0.717, 1.165) is 38.0 Å². The molecule has 1 unspecified atom stereocenters. The molecule has 1 aliphatic heterocycles. The first kappa shape index (κ1) is 12.2. The lowest BCUT2D eigenvalue weighted by molar-refractivity contribution is 0.0696. The SMILES string of the molecule is Cc1ccc(C(=O)N2CCCC2CCCN)o1. The smallest absolute Gasteiger partial charge is 0.289 e. The molecule has 2 rings (SSSR count). The number of furan rings is 1. The van der Waals surface area contributed by atoms with Gasteiger partial charge in [0.2, 0.25) is 0 Å². The third-order valence-electron chi connectivity index (χ3n) is 3.33. The van der Waals surface area contributed by atoms with Gasteiger partial charge in [-0.3, -0.25) is 4.79 Å². The van der Waals surface area contributed by atoms with Crippen molar-refractivity contribution in [2.45, 2.75) is 38.6 Å². The first-order valence-corrected chi connectivity index (χ1v) is 6.30. The molecule has 0 saturated carbocycles. The van der Waals surface area contributed by atoms with Gasteiger partial charge >= 0.3 is 0 Å². The number of nitrogens with two attached hydrogens (primary N) is 1. The zero-order valence-electron chi connectivity index (χ0n) is 10.3. The van der Waals surface area contributed by atoms with Gasteiger partial charge in [-0.05, 0) is 51.3 Å². The van der Waals surface area contributed by atoms with Crippen LogP contribution in [-0.2, 0) is 0 Å². The average Bonchev–Trinajstić information content (AvgIpc) is 2.94. The summed E-state index contributed by atoms with van der Waals surface area (Å²) in [4.78, 5) is 14.2. The standard InChI is InChI=1S/C13H20N2O2/c1-10-6-7-12(17-10)13(16)15-9-3-5-11(15)4-2-8-14/h6-7,11H,2-5,8-9,14H2,1H3. The van der Waals surface area contributed by atoms with Crippen LogP contribution in [0.15, 0.2) is 16.5 Å². The highest BCUT2D eigenvalue weighted by Gasteiger charge is 2.30. The summed E-state index contributed by atoms with van der Waals surface area (Å²) < 4.78 is 5.39. The van der Waals surface area contributed by atoms with Crippen molar-refractivity contribution < 1.29 is 9.21 Å². The molecule has 1 aliphatic rings. The lowest BCUT2D eigenvalue weighted by atomic mass is 10.1. The Hall–Kier alpha value is -1.29. The Labute approximate surface area is 102 Å². The lowest BCUT2D eigenvalue weighted by Gasteiger charge is -2.23. The Balaban J connectivity index is 2.03. The Morgan fingerprint density at radius 1 is 1.59 bits per heavy atom. The van der Waals surface area contributed by atoms with Gasteiger partial charge in [-0.1, -0.05) is 0 Å². The number of nitrogens with zero attached hydrogens (tertiary/aromatic N) is 1. The number of hydrogen-bond acceptors (Lipinski definition) is 3. The third-order valence-corrected chi connectivity index (χ3v) is 3.33. The molecular weight excluding hydrogens is 216 g/mol. The summed E-state index contributed by atoms with van der Waals surface area (Å²) in [6, 6.07) is 3.94. The van der Waals surface area contributed by atoms with Gasteiger partial charge in [0.15, 0.2) is 5.76 Å². The van der Waals surface area contributed by atoms with E-state index in [0.29, 0.717) is 18.3 Å². The molecule has 0 bridgehead atoms. The second kappa shape index (κ2) is 5.36. The molecular formula is C13H20N2O2. The summed E-state index contributed by atoms with van der Waals surface area (Å²) >= 11 is 0. The number of hydrogen-bond donors (Lipinski definition) is 1. The van der Waals surface area contributed by atoms with Crippen LogP contribution in [0, 0.1) is 6.92 Å². The van der Waals surface area contributed by atoms with E-state index in [2.05, 4.69) is 0 Å². The van der Waals surface area contributed by atoms with E-state index in [-0.39, 0.29) is 5.91 Å². The fraction of sp³-hybridized carbons (Fsp3) is 0.615. The summed E-state index contributed by atoms with van der Waals surface area (Å²) in [5, 5.41) is 0. The zero-order chi connectivity index (χ0) is 12.3. The second-order valence-electron chi connectivity index (χ2n) is 4.64. The first-order chi connectivity index (χ1) is 8.22. The number of rotatable bonds is 4. The highest BCUT2D eigenvalue weighted by molar-refractivity contribution is 5.91. The summed E-state index contributed by atoms with van der Waals surface area (Å²) in [7, 11) is 0. The van der Waals surface area contributed by atoms with Crippen LogP contribution in [0.1, 0.15) is 42.0 Å². The maximum atomic E-state index is 12.2. The van der Waals surface area contributed by atoms with E-state index in [1.54, 1.807) is 6.07 Å². The van der Waals surface area contributed by atoms with E-state index >= 15 is 0 Å². The van der Waals surface area contributed by atoms with Gasteiger partial charge in [0.05, 0.1) is 0 Å². The van der Waals surface area contributed by atoms with Crippen molar-refractivity contribution in [2.24, 2.45) is 5.73 Å². The van der Waals surface area contributed by atoms with Crippen LogP contribution in [0.3, 0.4) is 0 Å². The topological polar surface area (TPSA) is 59.5 Å². The van der Waals surface area contributed by atoms with Crippen LogP contribution < -0.4 is 5.73 Å². The molecule has 0 aliphatic carbocycles. The zero-order valence-corrected chi connectivity index (χ0v) is 10.3. The molecule has 4 nitrogen and oxygen atoms in total. The number of likely N-dealkylation sites (tertiary alicyclic amines) is 1. The van der Waals surface area contributed by atoms with E-state index in [4.69, 9.17) is 10.2 Å². The van der Waals surface area contributed by atoms with Gasteiger partial charge < -0.3 is 15.1 Å². The minimum atomic E-state index is 0.0256. The normalized spacial score (nSPS) is 19.9. The van der Waals surface area contributed by atoms with Crippen molar-refractivity contribution in [1.82, 2.24) is 4.90 Å². The van der Waals surface area contributed by atoms with E-state index in [9.17, 15) is 4.79 Å². The molecule has 4 heteroatoms. The molecule has 0 spiro atoms. The van der Waals surface area contributed by atoms with Crippen molar-refractivity contribution in [2.75, 3.05) is 13.1 Å². The van der Waals surface area contributed by atoms with Crippen LogP contribution in [0.25, 0.3) is 0 Å². The molecule has 1 atom stereocenters. The fourth-order valence-electron chi connectivity index (χ4n) is 2.45. The van der Waals surface area contributed by atoms with E-state index < -0.39 is 0 Å². The Kier molecular flexibility index (Phi) is 3.84. The summed E-state index contributed by atoms with van der Waals surface area (Å²) in [5.74, 6) is 1.27. The third kappa shape index (κ3) is 2.69. The Morgan fingerprint density at radius 3 is 3.06 bits per heavy atom. The monoisotopic (exact) mass is 236 g/mol. The van der Waals surface area contributed by atoms with Crippen molar-refractivity contribution in [3.8, 4) is 0 Å². The molecule has 0 aromatic carbocycles. The van der Waals surface area contributed by atoms with Gasteiger partial charge in [-0.25, -0.2) is 0 Å². The van der Waals surface area contributed by atoms with Crippen LogP contribution in [0.2, 0.25) is 0 Å². The molecule has 1 aromatic rings. The minimum absolute atomic E-state index is 0.0256. The van der Waals surface area contributed by atoms with Crippen LogP contribution in [-0.4, -0.2) is 29.9 Å². The van der Waals surface area contributed by atoms with Crippen molar-refractivity contribution in [1.29, 1.82) is 0 Å². The quantitative estimate of drug-likeness (QED) is 0.869. The van der Waals surface area contributed by atoms with Crippen LogP contribution in [0.4, 0.5) is 0 Å². The van der Waals surface area contributed by atoms with Gasteiger partial charge in [-0.15, -0.1) is 0 Å². The molecule has 94 valence electrons. The molecule has 1 amide bonds. The van der Waals surface area contributed by atoms with Gasteiger partial charge in [0, 0.05) is 12.6 Å². The van der Waals surface area contributed by atoms with Crippen molar-refractivity contribution >= 4 is 5.91 Å². The molecule has 0 radical (unpaired) electrons. The van der Waals surface area contributed by atoms with Crippen molar-refractivity contribution in [3.05, 3.63) is 23.7 Å². The average molecular weight is 236 g/mol. The Morgan fingerprint density at radius 2 is 2.41 bits per heavy atom. The van der Waals surface area contributed by atoms with Gasteiger partial charge in [-0.2, -0.15) is 0 Å². The number of amides is 1. The number of aryl methyl sites for hydroxylation is 1. The van der Waals surface area contributed by atoms with Crippen molar-refractivity contribution in [3.63, 3.8) is 0 Å². The minimum Gasteiger partial charge on any atom is -0.456 e. The molecule has 17 heavy (non-hydrogen) atoms. The summed E-state index contributed by atoms with van der Waals surface area (Å²) in [6.07, 6.45) is 4.15. The summed E-state index contributed by atoms with van der Waals surface area (Å²) in [6.45, 7) is 3.39. The number of carbonyl (C=O) groups excluding carboxylic acids is 1. The predicted molar refractivity (Wildman–Crippen MR) is 65.8 cm³/mol. The largest absolute Gasteiger partial charge is 0.456 e. The maximum absolute atomic E-state index is 12.2. The second-order valence-corrected chi connectivity index (χ2v) is 4.64.